The highest BCUT2D eigenvalue weighted by molar-refractivity contribution is 5.71. The molecule has 1 unspecified atom stereocenters. The van der Waals surface area contributed by atoms with Crippen LogP contribution in [0, 0.1) is 0 Å². The number of esters is 3. The van der Waals surface area contributed by atoms with Crippen molar-refractivity contribution in [2.75, 3.05) is 13.2 Å². The van der Waals surface area contributed by atoms with Crippen molar-refractivity contribution in [1.82, 2.24) is 0 Å². The van der Waals surface area contributed by atoms with Crippen LogP contribution in [0.25, 0.3) is 0 Å². The maximum absolute atomic E-state index is 12.7. The number of rotatable bonds is 38. The maximum atomic E-state index is 12.7. The molecule has 0 rings (SSSR count). The van der Waals surface area contributed by atoms with Crippen LogP contribution < -0.4 is 0 Å². The molecular weight excluding hydrogens is 709 g/mol. The average Bonchev–Trinajstić information content (AvgIpc) is 3.21. The minimum Gasteiger partial charge on any atom is -0.462 e. The van der Waals surface area contributed by atoms with Crippen LogP contribution in [0.3, 0.4) is 0 Å². The van der Waals surface area contributed by atoms with Gasteiger partial charge in [0.15, 0.2) is 6.10 Å². The standard InChI is InChI=1S/C51H80O6/c1-4-7-10-13-16-19-22-24-25-26-28-29-32-35-38-41-44-50(53)56-47-48(46-55-49(52)43-40-37-34-31-21-18-15-12-9-6-3)57-51(54)45-42-39-36-33-30-27-23-20-17-14-11-8-5-2/h7-8,10-11,14-20,23-25,28-29,35,38,48H,4-6,9,12-13,21-22,26-27,30-34,36-37,39-47H2,1-3H3/b10-7-,11-8-,17-14-,18-15-,19-16-,23-20-,25-24-,29-28-,38-35-. The van der Waals surface area contributed by atoms with Crippen LogP contribution in [0.5, 0.6) is 0 Å². The maximum Gasteiger partial charge on any atom is 0.306 e. The molecule has 0 spiro atoms. The van der Waals surface area contributed by atoms with Crippen molar-refractivity contribution in [1.29, 1.82) is 0 Å². The SMILES string of the molecule is CC\C=C/C=C\C=C/CCCCCCCC(=O)OC(COC(=O)CC/C=C\C/C=C\C/C=C\C/C=C\C/C=C\CC)COC(=O)CCCCCC/C=C\CCCC. The highest BCUT2D eigenvalue weighted by Crippen LogP contribution is 2.11. The second kappa shape index (κ2) is 44.8. The molecular formula is C51H80O6. The molecule has 1 atom stereocenters. The molecule has 0 aromatic carbocycles. The van der Waals surface area contributed by atoms with E-state index in [-0.39, 0.29) is 44.0 Å². The molecule has 0 fully saturated rings. The Morgan fingerprint density at radius 3 is 1.37 bits per heavy atom. The number of ether oxygens (including phenoxy) is 3. The third-order valence-corrected chi connectivity index (χ3v) is 8.82. The smallest absolute Gasteiger partial charge is 0.306 e. The molecule has 0 aromatic rings. The van der Waals surface area contributed by atoms with E-state index in [4.69, 9.17) is 14.2 Å². The molecule has 0 saturated heterocycles. The predicted molar refractivity (Wildman–Crippen MR) is 242 cm³/mol. The number of allylic oxidation sites excluding steroid dienone is 18. The number of hydrogen-bond acceptors (Lipinski definition) is 6. The molecule has 0 saturated carbocycles. The average molecular weight is 789 g/mol. The summed E-state index contributed by atoms with van der Waals surface area (Å²) in [6, 6.07) is 0. The fraction of sp³-hybridized carbons (Fsp3) is 0.588. The Morgan fingerprint density at radius 1 is 0.386 bits per heavy atom. The third-order valence-electron chi connectivity index (χ3n) is 8.82. The molecule has 6 nitrogen and oxygen atoms in total. The van der Waals surface area contributed by atoms with Crippen molar-refractivity contribution in [2.45, 2.75) is 181 Å². The second-order valence-electron chi connectivity index (χ2n) is 14.2. The van der Waals surface area contributed by atoms with E-state index in [1.54, 1.807) is 0 Å². The van der Waals surface area contributed by atoms with Crippen LogP contribution in [0.1, 0.15) is 175 Å². The zero-order valence-corrected chi connectivity index (χ0v) is 36.3. The monoisotopic (exact) mass is 789 g/mol. The van der Waals surface area contributed by atoms with Gasteiger partial charge in [0.05, 0.1) is 0 Å². The zero-order valence-electron chi connectivity index (χ0n) is 36.3. The van der Waals surface area contributed by atoms with Crippen molar-refractivity contribution in [3.8, 4) is 0 Å². The van der Waals surface area contributed by atoms with Gasteiger partial charge in [-0.05, 0) is 89.9 Å². The molecule has 0 radical (unpaired) electrons. The van der Waals surface area contributed by atoms with Gasteiger partial charge < -0.3 is 14.2 Å². The Labute approximate surface area is 349 Å². The van der Waals surface area contributed by atoms with Gasteiger partial charge >= 0.3 is 17.9 Å². The van der Waals surface area contributed by atoms with E-state index >= 15 is 0 Å². The van der Waals surface area contributed by atoms with Crippen LogP contribution in [0.15, 0.2) is 109 Å². The minimum atomic E-state index is -0.822. The van der Waals surface area contributed by atoms with Gasteiger partial charge in [-0.3, -0.25) is 14.4 Å². The molecule has 0 amide bonds. The number of carbonyl (C=O) groups is 3. The highest BCUT2D eigenvalue weighted by atomic mass is 16.6. The third kappa shape index (κ3) is 43.0. The van der Waals surface area contributed by atoms with Gasteiger partial charge in [-0.2, -0.15) is 0 Å². The van der Waals surface area contributed by atoms with Gasteiger partial charge in [0.1, 0.15) is 13.2 Å². The zero-order chi connectivity index (χ0) is 41.5. The lowest BCUT2D eigenvalue weighted by Crippen LogP contribution is -2.30. The lowest BCUT2D eigenvalue weighted by Gasteiger charge is -2.18. The normalized spacial score (nSPS) is 13.1. The predicted octanol–water partition coefficient (Wildman–Crippen LogP) is 14.4. The quantitative estimate of drug-likeness (QED) is 0.0204. The first kappa shape index (κ1) is 53.1. The molecule has 0 bridgehead atoms. The first-order valence-electron chi connectivity index (χ1n) is 22.4. The Morgan fingerprint density at radius 2 is 0.807 bits per heavy atom. The van der Waals surface area contributed by atoms with Crippen LogP contribution in [-0.4, -0.2) is 37.2 Å². The summed E-state index contributed by atoms with van der Waals surface area (Å²) < 4.78 is 16.6. The van der Waals surface area contributed by atoms with Crippen LogP contribution in [-0.2, 0) is 28.6 Å². The van der Waals surface area contributed by atoms with Gasteiger partial charge in [-0.15, -0.1) is 0 Å². The Kier molecular flexibility index (Phi) is 41.7. The summed E-state index contributed by atoms with van der Waals surface area (Å²) >= 11 is 0. The molecule has 320 valence electrons. The fourth-order valence-electron chi connectivity index (χ4n) is 5.47. The summed E-state index contributed by atoms with van der Waals surface area (Å²) in [5.74, 6) is -1.05. The summed E-state index contributed by atoms with van der Waals surface area (Å²) in [4.78, 5) is 37.7. The number of carbonyl (C=O) groups excluding carboxylic acids is 3. The van der Waals surface area contributed by atoms with Crippen molar-refractivity contribution < 1.29 is 28.6 Å². The van der Waals surface area contributed by atoms with Gasteiger partial charge in [-0.1, -0.05) is 175 Å². The second-order valence-corrected chi connectivity index (χ2v) is 14.2. The summed E-state index contributed by atoms with van der Waals surface area (Å²) in [6.45, 7) is 6.21. The molecule has 0 aliphatic rings. The molecule has 0 heterocycles. The molecule has 6 heteroatoms. The van der Waals surface area contributed by atoms with Crippen LogP contribution in [0.2, 0.25) is 0 Å². The van der Waals surface area contributed by atoms with Gasteiger partial charge in [0, 0.05) is 19.3 Å². The largest absolute Gasteiger partial charge is 0.462 e. The summed E-state index contributed by atoms with van der Waals surface area (Å²) in [5.41, 5.74) is 0. The van der Waals surface area contributed by atoms with Crippen molar-refractivity contribution >= 4 is 17.9 Å². The van der Waals surface area contributed by atoms with E-state index in [0.29, 0.717) is 12.8 Å². The van der Waals surface area contributed by atoms with Gasteiger partial charge in [-0.25, -0.2) is 0 Å². The molecule has 0 N–H and O–H groups in total. The van der Waals surface area contributed by atoms with E-state index in [2.05, 4.69) is 112 Å². The molecule has 0 aliphatic heterocycles. The van der Waals surface area contributed by atoms with Crippen molar-refractivity contribution in [3.05, 3.63) is 109 Å². The van der Waals surface area contributed by atoms with Crippen molar-refractivity contribution in [3.63, 3.8) is 0 Å². The summed E-state index contributed by atoms with van der Waals surface area (Å²) in [7, 11) is 0. The lowest BCUT2D eigenvalue weighted by atomic mass is 10.1. The summed E-state index contributed by atoms with van der Waals surface area (Å²) in [5, 5.41) is 0. The van der Waals surface area contributed by atoms with Crippen molar-refractivity contribution in [2.24, 2.45) is 0 Å². The van der Waals surface area contributed by atoms with E-state index in [9.17, 15) is 14.4 Å². The van der Waals surface area contributed by atoms with Crippen LogP contribution >= 0.6 is 0 Å². The first-order valence-corrected chi connectivity index (χ1v) is 22.4. The van der Waals surface area contributed by atoms with Gasteiger partial charge in [0.2, 0.25) is 0 Å². The minimum absolute atomic E-state index is 0.118. The fourth-order valence-corrected chi connectivity index (χ4v) is 5.47. The summed E-state index contributed by atoms with van der Waals surface area (Å²) in [6.07, 6.45) is 59.4. The number of unbranched alkanes of at least 4 members (excludes halogenated alkanes) is 11. The lowest BCUT2D eigenvalue weighted by molar-refractivity contribution is -0.166. The first-order chi connectivity index (χ1) is 28.0. The van der Waals surface area contributed by atoms with E-state index in [1.165, 1.54) is 12.8 Å². The van der Waals surface area contributed by atoms with Crippen LogP contribution in [0.4, 0.5) is 0 Å². The molecule has 0 aromatic heterocycles. The Hall–Kier alpha value is -3.93. The Bertz CT molecular complexity index is 1230. The Balaban J connectivity index is 4.56. The van der Waals surface area contributed by atoms with E-state index < -0.39 is 6.10 Å². The van der Waals surface area contributed by atoms with E-state index in [0.717, 1.165) is 116 Å². The molecule has 57 heavy (non-hydrogen) atoms. The highest BCUT2D eigenvalue weighted by Gasteiger charge is 2.19. The van der Waals surface area contributed by atoms with Gasteiger partial charge in [0.25, 0.3) is 0 Å². The van der Waals surface area contributed by atoms with E-state index in [1.807, 2.05) is 18.2 Å². The molecule has 0 aliphatic carbocycles. The number of hydrogen-bond donors (Lipinski definition) is 0. The topological polar surface area (TPSA) is 78.9 Å².